The van der Waals surface area contributed by atoms with E-state index in [1.54, 1.807) is 13.1 Å². The summed E-state index contributed by atoms with van der Waals surface area (Å²) in [5.41, 5.74) is 0.895. The van der Waals surface area contributed by atoms with Gasteiger partial charge in [0, 0.05) is 22.0 Å². The van der Waals surface area contributed by atoms with Crippen LogP contribution in [-0.4, -0.2) is 25.8 Å². The average Bonchev–Trinajstić information content (AvgIpc) is 2.34. The lowest BCUT2D eigenvalue weighted by Gasteiger charge is -2.11. The Hall–Kier alpha value is -1.33. The topological polar surface area (TPSA) is 56.3 Å². The van der Waals surface area contributed by atoms with E-state index in [1.165, 1.54) is 0 Å². The van der Waals surface area contributed by atoms with Gasteiger partial charge in [0.2, 0.25) is 9.05 Å². The van der Waals surface area contributed by atoms with Crippen LogP contribution in [0, 0.1) is 5.92 Å². The number of benzene rings is 1. The van der Waals surface area contributed by atoms with Crippen LogP contribution in [0.5, 0.6) is 5.75 Å². The van der Waals surface area contributed by atoms with Crippen LogP contribution in [0.2, 0.25) is 0 Å². The third-order valence-corrected chi connectivity index (χ3v) is 3.93. The average molecular weight is 300 g/mol. The molecule has 2 aromatic rings. The summed E-state index contributed by atoms with van der Waals surface area (Å²) in [4.78, 5) is 4.26. The summed E-state index contributed by atoms with van der Waals surface area (Å²) in [7, 11) is 1.71. The summed E-state index contributed by atoms with van der Waals surface area (Å²) >= 11 is 0. The van der Waals surface area contributed by atoms with Crippen LogP contribution in [0.15, 0.2) is 36.5 Å². The van der Waals surface area contributed by atoms with E-state index < -0.39 is 9.05 Å². The first-order valence-electron chi connectivity index (χ1n) is 5.84. The molecule has 1 heterocycles. The summed E-state index contributed by atoms with van der Waals surface area (Å²) in [5, 5.41) is 0.984. The van der Waals surface area contributed by atoms with E-state index in [1.807, 2.05) is 30.3 Å². The maximum absolute atomic E-state index is 10.9. The van der Waals surface area contributed by atoms with E-state index in [9.17, 15) is 8.42 Å². The summed E-state index contributed by atoms with van der Waals surface area (Å²) < 4.78 is 27.4. The van der Waals surface area contributed by atoms with E-state index in [2.05, 4.69) is 4.98 Å². The summed E-state index contributed by atoms with van der Waals surface area (Å²) in [6, 6.07) is 9.59. The molecule has 19 heavy (non-hydrogen) atoms. The Morgan fingerprint density at radius 1 is 1.37 bits per heavy atom. The molecule has 0 bridgehead atoms. The molecule has 102 valence electrons. The monoisotopic (exact) mass is 299 g/mol. The molecule has 6 heteroatoms. The number of pyridine rings is 1. The van der Waals surface area contributed by atoms with Gasteiger partial charge in [0.1, 0.15) is 5.75 Å². The second kappa shape index (κ2) is 5.75. The van der Waals surface area contributed by atoms with Crippen LogP contribution < -0.4 is 4.74 Å². The zero-order valence-corrected chi connectivity index (χ0v) is 12.0. The number of rotatable bonds is 5. The molecular formula is C13H14ClNO3S. The number of ether oxygens (including phenoxy) is 1. The molecule has 4 nitrogen and oxygen atoms in total. The zero-order valence-electron chi connectivity index (χ0n) is 10.4. The smallest absolute Gasteiger partial charge is 0.232 e. The molecule has 0 aliphatic carbocycles. The minimum Gasteiger partial charge on any atom is -0.492 e. The van der Waals surface area contributed by atoms with Gasteiger partial charge in [-0.1, -0.05) is 25.1 Å². The van der Waals surface area contributed by atoms with Crippen molar-refractivity contribution in [2.75, 3.05) is 12.4 Å². The Labute approximate surface area is 116 Å². The molecule has 0 saturated heterocycles. The molecule has 2 rings (SSSR count). The van der Waals surface area contributed by atoms with Crippen molar-refractivity contribution in [2.45, 2.75) is 6.92 Å². The number of aromatic nitrogens is 1. The van der Waals surface area contributed by atoms with E-state index in [0.717, 1.165) is 10.9 Å². The Morgan fingerprint density at radius 2 is 2.11 bits per heavy atom. The molecule has 0 radical (unpaired) electrons. The van der Waals surface area contributed by atoms with Crippen LogP contribution in [0.1, 0.15) is 6.92 Å². The standard InChI is InChI=1S/C13H14ClNO3S/c1-10(9-19(14,16)17)8-18-12-6-11-4-2-3-5-13(11)15-7-12/h2-7,10H,8-9H2,1H3. The molecule has 1 aromatic carbocycles. The zero-order chi connectivity index (χ0) is 13.9. The molecule has 0 aliphatic heterocycles. The van der Waals surface area contributed by atoms with Crippen molar-refractivity contribution >= 4 is 30.6 Å². The third kappa shape index (κ3) is 4.36. The van der Waals surface area contributed by atoms with Gasteiger partial charge in [-0.25, -0.2) is 8.42 Å². The normalized spacial score (nSPS) is 13.4. The van der Waals surface area contributed by atoms with Gasteiger partial charge in [-0.3, -0.25) is 4.98 Å². The molecule has 0 N–H and O–H groups in total. The van der Waals surface area contributed by atoms with Gasteiger partial charge < -0.3 is 4.74 Å². The highest BCUT2D eigenvalue weighted by molar-refractivity contribution is 8.13. The molecule has 1 atom stereocenters. The van der Waals surface area contributed by atoms with Gasteiger partial charge in [-0.05, 0) is 12.1 Å². The van der Waals surface area contributed by atoms with Crippen molar-refractivity contribution < 1.29 is 13.2 Å². The van der Waals surface area contributed by atoms with E-state index in [4.69, 9.17) is 15.4 Å². The van der Waals surface area contributed by atoms with Crippen LogP contribution in [0.3, 0.4) is 0 Å². The molecule has 1 unspecified atom stereocenters. The Morgan fingerprint density at radius 3 is 2.84 bits per heavy atom. The first kappa shape index (κ1) is 14.1. The van der Waals surface area contributed by atoms with Gasteiger partial charge in [0.05, 0.1) is 24.1 Å². The lowest BCUT2D eigenvalue weighted by atomic mass is 10.2. The first-order chi connectivity index (χ1) is 8.94. The molecule has 0 amide bonds. The number of nitrogens with zero attached hydrogens (tertiary/aromatic N) is 1. The minimum absolute atomic E-state index is 0.102. The molecular weight excluding hydrogens is 286 g/mol. The largest absolute Gasteiger partial charge is 0.492 e. The summed E-state index contributed by atoms with van der Waals surface area (Å²) in [6.07, 6.45) is 1.63. The van der Waals surface area contributed by atoms with Crippen molar-refractivity contribution in [3.05, 3.63) is 36.5 Å². The van der Waals surface area contributed by atoms with Crippen molar-refractivity contribution in [3.63, 3.8) is 0 Å². The predicted octanol–water partition coefficient (Wildman–Crippen LogP) is 2.82. The fourth-order valence-corrected chi connectivity index (χ4v) is 3.18. The maximum atomic E-state index is 10.9. The Balaban J connectivity index is 2.02. The summed E-state index contributed by atoms with van der Waals surface area (Å²) in [5.74, 6) is 0.349. The SMILES string of the molecule is CC(COc1cnc2ccccc2c1)CS(=O)(=O)Cl. The van der Waals surface area contributed by atoms with Crippen LogP contribution >= 0.6 is 10.7 Å². The van der Waals surface area contributed by atoms with Crippen LogP contribution in [0.25, 0.3) is 10.9 Å². The summed E-state index contributed by atoms with van der Waals surface area (Å²) in [6.45, 7) is 2.06. The highest BCUT2D eigenvalue weighted by Gasteiger charge is 2.13. The number of fused-ring (bicyclic) bond motifs is 1. The highest BCUT2D eigenvalue weighted by Crippen LogP contribution is 2.18. The number of halogens is 1. The molecule has 0 aliphatic rings. The van der Waals surface area contributed by atoms with Gasteiger partial charge in [-0.2, -0.15) is 0 Å². The van der Waals surface area contributed by atoms with Crippen LogP contribution in [-0.2, 0) is 9.05 Å². The third-order valence-electron chi connectivity index (χ3n) is 2.58. The fraction of sp³-hybridized carbons (Fsp3) is 0.308. The van der Waals surface area contributed by atoms with Gasteiger partial charge in [-0.15, -0.1) is 0 Å². The van der Waals surface area contributed by atoms with Crippen molar-refractivity contribution in [3.8, 4) is 5.75 Å². The lowest BCUT2D eigenvalue weighted by Crippen LogP contribution is -2.16. The Bertz CT molecular complexity index is 672. The number of para-hydroxylation sites is 1. The molecule has 0 spiro atoms. The van der Waals surface area contributed by atoms with Gasteiger partial charge in [0.25, 0.3) is 0 Å². The maximum Gasteiger partial charge on any atom is 0.232 e. The number of hydrogen-bond donors (Lipinski definition) is 0. The molecule has 0 saturated carbocycles. The number of hydrogen-bond acceptors (Lipinski definition) is 4. The lowest BCUT2D eigenvalue weighted by molar-refractivity contribution is 0.271. The second-order valence-corrected chi connectivity index (χ2v) is 7.31. The fourth-order valence-electron chi connectivity index (χ4n) is 1.76. The van der Waals surface area contributed by atoms with E-state index in [0.29, 0.717) is 5.75 Å². The minimum atomic E-state index is -3.49. The van der Waals surface area contributed by atoms with Gasteiger partial charge >= 0.3 is 0 Å². The highest BCUT2D eigenvalue weighted by atomic mass is 35.7. The predicted molar refractivity (Wildman–Crippen MR) is 76.0 cm³/mol. The van der Waals surface area contributed by atoms with E-state index >= 15 is 0 Å². The second-order valence-electron chi connectivity index (χ2n) is 4.49. The molecule has 0 fully saturated rings. The van der Waals surface area contributed by atoms with Crippen molar-refractivity contribution in [1.29, 1.82) is 0 Å². The molecule has 1 aromatic heterocycles. The van der Waals surface area contributed by atoms with Crippen LogP contribution in [0.4, 0.5) is 0 Å². The quantitative estimate of drug-likeness (QED) is 0.797. The van der Waals surface area contributed by atoms with E-state index in [-0.39, 0.29) is 18.3 Å². The first-order valence-corrected chi connectivity index (χ1v) is 8.32. The van der Waals surface area contributed by atoms with Crippen molar-refractivity contribution in [1.82, 2.24) is 4.98 Å². The Kier molecular flexibility index (Phi) is 4.27. The van der Waals surface area contributed by atoms with Gasteiger partial charge in [0.15, 0.2) is 0 Å². The van der Waals surface area contributed by atoms with Crippen molar-refractivity contribution in [2.24, 2.45) is 5.92 Å².